The van der Waals surface area contributed by atoms with Gasteiger partial charge in [-0.25, -0.2) is 0 Å². The maximum atomic E-state index is 3.77. The summed E-state index contributed by atoms with van der Waals surface area (Å²) in [6.07, 6.45) is 2.65. The van der Waals surface area contributed by atoms with Gasteiger partial charge in [0, 0.05) is 29.6 Å². The topological polar surface area (TPSA) is 15.3 Å². The molecule has 1 fully saturated rings. The fraction of sp³-hybridized carbons (Fsp3) is 0.647. The van der Waals surface area contributed by atoms with Crippen LogP contribution in [0, 0.1) is 5.92 Å². The Balaban J connectivity index is 2.12. The van der Waals surface area contributed by atoms with Crippen LogP contribution >= 0.6 is 15.9 Å². The lowest BCUT2D eigenvalue weighted by atomic mass is 9.91. The first-order valence-corrected chi connectivity index (χ1v) is 8.56. The highest BCUT2D eigenvalue weighted by atomic mass is 79.9. The van der Waals surface area contributed by atoms with Gasteiger partial charge in [0.2, 0.25) is 0 Å². The van der Waals surface area contributed by atoms with Gasteiger partial charge >= 0.3 is 0 Å². The number of rotatable bonds is 4. The molecule has 1 saturated heterocycles. The standard InChI is InChI=1S/C17H27BrN2/c1-12(2)19-11-15-7-8-17(16(18)10-15)20-9-5-6-13(3)14(20)4/h7-8,10,12-14,19H,5-6,9,11H2,1-4H3. The van der Waals surface area contributed by atoms with Crippen molar-refractivity contribution in [2.75, 3.05) is 11.4 Å². The predicted molar refractivity (Wildman–Crippen MR) is 91.3 cm³/mol. The molecule has 0 aromatic heterocycles. The second-order valence-corrected chi connectivity index (χ2v) is 7.23. The third-order valence-electron chi connectivity index (χ3n) is 4.41. The summed E-state index contributed by atoms with van der Waals surface area (Å²) in [5.74, 6) is 0.776. The highest BCUT2D eigenvalue weighted by Gasteiger charge is 2.25. The van der Waals surface area contributed by atoms with Crippen LogP contribution in [0.15, 0.2) is 22.7 Å². The fourth-order valence-corrected chi connectivity index (χ4v) is 3.54. The third kappa shape index (κ3) is 3.76. The van der Waals surface area contributed by atoms with Crippen LogP contribution in [0.1, 0.15) is 46.1 Å². The zero-order valence-electron chi connectivity index (χ0n) is 13.1. The SMILES string of the molecule is CC(C)NCc1ccc(N2CCCC(C)C2C)c(Br)c1. The number of hydrogen-bond donors (Lipinski definition) is 1. The average Bonchev–Trinajstić information content (AvgIpc) is 2.40. The van der Waals surface area contributed by atoms with Gasteiger partial charge in [-0.05, 0) is 59.3 Å². The minimum atomic E-state index is 0.524. The molecule has 1 aromatic carbocycles. The van der Waals surface area contributed by atoms with Gasteiger partial charge in [0.25, 0.3) is 0 Å². The van der Waals surface area contributed by atoms with Crippen LogP contribution in [0.5, 0.6) is 0 Å². The summed E-state index contributed by atoms with van der Waals surface area (Å²) in [7, 11) is 0. The molecular weight excluding hydrogens is 312 g/mol. The molecule has 0 saturated carbocycles. The van der Waals surface area contributed by atoms with Crippen LogP contribution < -0.4 is 10.2 Å². The minimum Gasteiger partial charge on any atom is -0.368 e. The molecule has 1 heterocycles. The van der Waals surface area contributed by atoms with E-state index < -0.39 is 0 Å². The molecule has 0 radical (unpaired) electrons. The van der Waals surface area contributed by atoms with Gasteiger partial charge in [0.15, 0.2) is 0 Å². The van der Waals surface area contributed by atoms with Gasteiger partial charge in [-0.1, -0.05) is 26.8 Å². The molecule has 112 valence electrons. The Labute approximate surface area is 132 Å². The van der Waals surface area contributed by atoms with Crippen molar-refractivity contribution >= 4 is 21.6 Å². The lowest BCUT2D eigenvalue weighted by Crippen LogP contribution is -2.42. The Hall–Kier alpha value is -0.540. The highest BCUT2D eigenvalue weighted by Crippen LogP contribution is 2.34. The van der Waals surface area contributed by atoms with E-state index >= 15 is 0 Å². The van der Waals surface area contributed by atoms with Crippen molar-refractivity contribution in [1.29, 1.82) is 0 Å². The van der Waals surface area contributed by atoms with Crippen LogP contribution in [-0.4, -0.2) is 18.6 Å². The molecule has 0 spiro atoms. The van der Waals surface area contributed by atoms with Crippen LogP contribution in [0.2, 0.25) is 0 Å². The second kappa shape index (κ2) is 6.95. The van der Waals surface area contributed by atoms with Gasteiger partial charge in [0.1, 0.15) is 0 Å². The normalized spacial score (nSPS) is 23.4. The van der Waals surface area contributed by atoms with Crippen LogP contribution in [0.4, 0.5) is 5.69 Å². The minimum absolute atomic E-state index is 0.524. The number of halogens is 1. The van der Waals surface area contributed by atoms with Crippen molar-refractivity contribution < 1.29 is 0 Å². The summed E-state index contributed by atoms with van der Waals surface area (Å²) in [4.78, 5) is 2.55. The van der Waals surface area contributed by atoms with E-state index in [1.165, 1.54) is 35.1 Å². The molecular formula is C17H27BrN2. The van der Waals surface area contributed by atoms with Crippen molar-refractivity contribution in [2.45, 2.75) is 59.2 Å². The zero-order valence-corrected chi connectivity index (χ0v) is 14.7. The van der Waals surface area contributed by atoms with E-state index in [0.29, 0.717) is 12.1 Å². The largest absolute Gasteiger partial charge is 0.368 e. The summed E-state index contributed by atoms with van der Waals surface area (Å²) >= 11 is 3.77. The first-order valence-electron chi connectivity index (χ1n) is 7.77. The Morgan fingerprint density at radius 3 is 2.75 bits per heavy atom. The molecule has 2 atom stereocenters. The summed E-state index contributed by atoms with van der Waals surface area (Å²) in [6, 6.07) is 7.94. The van der Waals surface area contributed by atoms with Crippen molar-refractivity contribution in [3.63, 3.8) is 0 Å². The first kappa shape index (κ1) is 15.8. The molecule has 1 aliphatic heterocycles. The summed E-state index contributed by atoms with van der Waals surface area (Å²) in [5.41, 5.74) is 2.68. The van der Waals surface area contributed by atoms with E-state index in [4.69, 9.17) is 0 Å². The van der Waals surface area contributed by atoms with Crippen molar-refractivity contribution in [3.8, 4) is 0 Å². The van der Waals surface area contributed by atoms with E-state index in [0.717, 1.165) is 12.5 Å². The van der Waals surface area contributed by atoms with Gasteiger partial charge < -0.3 is 10.2 Å². The predicted octanol–water partition coefficient (Wildman–Crippen LogP) is 4.57. The molecule has 0 amide bonds. The van der Waals surface area contributed by atoms with Gasteiger partial charge in [-0.15, -0.1) is 0 Å². The van der Waals surface area contributed by atoms with Gasteiger partial charge in [-0.2, -0.15) is 0 Å². The van der Waals surface area contributed by atoms with Gasteiger partial charge in [0.05, 0.1) is 5.69 Å². The molecule has 0 bridgehead atoms. The molecule has 1 N–H and O–H groups in total. The lowest BCUT2D eigenvalue weighted by molar-refractivity contribution is 0.363. The summed E-state index contributed by atoms with van der Waals surface area (Å²) < 4.78 is 1.22. The second-order valence-electron chi connectivity index (χ2n) is 6.37. The maximum absolute atomic E-state index is 3.77. The van der Waals surface area contributed by atoms with E-state index in [9.17, 15) is 0 Å². The smallest absolute Gasteiger partial charge is 0.0513 e. The zero-order chi connectivity index (χ0) is 14.7. The molecule has 2 rings (SSSR count). The van der Waals surface area contributed by atoms with E-state index in [2.05, 4.69) is 72.0 Å². The number of anilines is 1. The van der Waals surface area contributed by atoms with Crippen LogP contribution in [0.25, 0.3) is 0 Å². The number of piperidine rings is 1. The van der Waals surface area contributed by atoms with Crippen molar-refractivity contribution in [3.05, 3.63) is 28.2 Å². The van der Waals surface area contributed by atoms with Crippen LogP contribution in [0.3, 0.4) is 0 Å². The quantitative estimate of drug-likeness (QED) is 0.864. The lowest BCUT2D eigenvalue weighted by Gasteiger charge is -2.40. The molecule has 1 aliphatic rings. The van der Waals surface area contributed by atoms with Gasteiger partial charge in [-0.3, -0.25) is 0 Å². The summed E-state index contributed by atoms with van der Waals surface area (Å²) in [6.45, 7) is 11.2. The van der Waals surface area contributed by atoms with Crippen molar-refractivity contribution in [2.24, 2.45) is 5.92 Å². The Morgan fingerprint density at radius 1 is 1.35 bits per heavy atom. The average molecular weight is 339 g/mol. The molecule has 2 unspecified atom stereocenters. The van der Waals surface area contributed by atoms with E-state index in [1.54, 1.807) is 0 Å². The molecule has 20 heavy (non-hydrogen) atoms. The number of nitrogens with one attached hydrogen (secondary N) is 1. The highest BCUT2D eigenvalue weighted by molar-refractivity contribution is 9.10. The fourth-order valence-electron chi connectivity index (χ4n) is 2.89. The van der Waals surface area contributed by atoms with E-state index in [-0.39, 0.29) is 0 Å². The Bertz CT molecular complexity index is 445. The van der Waals surface area contributed by atoms with E-state index in [1.807, 2.05) is 0 Å². The Morgan fingerprint density at radius 2 is 2.10 bits per heavy atom. The first-order chi connectivity index (χ1) is 9.49. The number of benzene rings is 1. The number of hydrogen-bond acceptors (Lipinski definition) is 2. The monoisotopic (exact) mass is 338 g/mol. The van der Waals surface area contributed by atoms with Crippen molar-refractivity contribution in [1.82, 2.24) is 5.32 Å². The summed E-state index contributed by atoms with van der Waals surface area (Å²) in [5, 5.41) is 3.47. The Kier molecular flexibility index (Phi) is 5.50. The molecule has 3 heteroatoms. The maximum Gasteiger partial charge on any atom is 0.0513 e. The molecule has 2 nitrogen and oxygen atoms in total. The molecule has 1 aromatic rings. The molecule has 0 aliphatic carbocycles. The third-order valence-corrected chi connectivity index (χ3v) is 5.04. The number of nitrogens with zero attached hydrogens (tertiary/aromatic N) is 1. The van der Waals surface area contributed by atoms with Crippen LogP contribution in [-0.2, 0) is 6.54 Å².